The van der Waals surface area contributed by atoms with E-state index >= 15 is 0 Å². The zero-order valence-corrected chi connectivity index (χ0v) is 6.91. The lowest BCUT2D eigenvalue weighted by Crippen LogP contribution is -1.92. The van der Waals surface area contributed by atoms with Crippen LogP contribution in [0.3, 0.4) is 0 Å². The highest BCUT2D eigenvalue weighted by atomic mass is 35.7. The van der Waals surface area contributed by atoms with Gasteiger partial charge in [0, 0.05) is 11.6 Å². The summed E-state index contributed by atoms with van der Waals surface area (Å²) in [5.41, 5.74) is 0. The minimum Gasteiger partial charge on any atom is -0.168 e. The molecule has 0 aromatic carbocycles. The Morgan fingerprint density at radius 3 is 1.86 bits per heavy atom. The van der Waals surface area contributed by atoms with Gasteiger partial charge >= 0.3 is 0 Å². The van der Waals surface area contributed by atoms with Gasteiger partial charge in [0.25, 0.3) is 0 Å². The lowest BCUT2D eigenvalue weighted by Gasteiger charge is -2.18. The summed E-state index contributed by atoms with van der Waals surface area (Å²) in [7, 11) is 5.00. The van der Waals surface area contributed by atoms with Gasteiger partial charge in [-0.1, -0.05) is 10.7 Å². The lowest BCUT2D eigenvalue weighted by atomic mass is 11.0. The summed E-state index contributed by atoms with van der Waals surface area (Å²) in [5, 5.41) is 0. The first-order chi connectivity index (χ1) is 3.06. The Labute approximate surface area is 56.0 Å². The number of alkyl halides is 1. The summed E-state index contributed by atoms with van der Waals surface area (Å²) >= 11 is 5.42. The standard InChI is InChI=1S/C4H10Cl2S/c1-7(2,6)4-3-5/h3-4H2,1-2H3. The molecule has 0 unspecified atom stereocenters. The molecule has 0 fully saturated rings. The van der Waals surface area contributed by atoms with Crippen LogP contribution in [0.15, 0.2) is 0 Å². The monoisotopic (exact) mass is 160 g/mol. The molecule has 0 rings (SSSR count). The summed E-state index contributed by atoms with van der Waals surface area (Å²) < 4.78 is 0. The van der Waals surface area contributed by atoms with Crippen molar-refractivity contribution >= 4 is 31.5 Å². The largest absolute Gasteiger partial charge is 0.168 e. The molecule has 0 amide bonds. The molecule has 0 N–H and O–H groups in total. The third kappa shape index (κ3) is 6.93. The second kappa shape index (κ2) is 3.06. The van der Waals surface area contributed by atoms with E-state index in [0.29, 0.717) is 5.88 Å². The van der Waals surface area contributed by atoms with E-state index in [1.165, 1.54) is 0 Å². The predicted molar refractivity (Wildman–Crippen MR) is 40.9 cm³/mol. The quantitative estimate of drug-likeness (QED) is 0.545. The van der Waals surface area contributed by atoms with Crippen molar-refractivity contribution in [1.82, 2.24) is 0 Å². The molecule has 0 aliphatic rings. The Kier molecular flexibility index (Phi) is 3.46. The van der Waals surface area contributed by atoms with E-state index in [1.807, 2.05) is 12.5 Å². The first-order valence-corrected chi connectivity index (χ1v) is 6.01. The SMILES string of the molecule is CS(C)(Cl)CCCl. The van der Waals surface area contributed by atoms with Gasteiger partial charge in [-0.2, -0.15) is 9.24 Å². The zero-order chi connectivity index (χ0) is 5.91. The van der Waals surface area contributed by atoms with Gasteiger partial charge in [0.1, 0.15) is 0 Å². The topological polar surface area (TPSA) is 0 Å². The zero-order valence-electron chi connectivity index (χ0n) is 4.58. The highest BCUT2D eigenvalue weighted by Crippen LogP contribution is 2.44. The fourth-order valence-electron chi connectivity index (χ4n) is 0.183. The van der Waals surface area contributed by atoms with Crippen LogP contribution < -0.4 is 0 Å². The van der Waals surface area contributed by atoms with Crippen molar-refractivity contribution in [1.29, 1.82) is 0 Å². The second-order valence-electron chi connectivity index (χ2n) is 1.80. The van der Waals surface area contributed by atoms with E-state index in [4.69, 9.17) is 22.3 Å². The van der Waals surface area contributed by atoms with E-state index in [2.05, 4.69) is 0 Å². The molecule has 0 bridgehead atoms. The van der Waals surface area contributed by atoms with Crippen LogP contribution in [0.25, 0.3) is 0 Å². The van der Waals surface area contributed by atoms with Crippen LogP contribution >= 0.6 is 31.5 Å². The fourth-order valence-corrected chi connectivity index (χ4v) is 2.18. The molecule has 0 heterocycles. The minimum atomic E-state index is -0.834. The number of rotatable bonds is 2. The van der Waals surface area contributed by atoms with Crippen molar-refractivity contribution in [2.75, 3.05) is 24.1 Å². The fraction of sp³-hybridized carbons (Fsp3) is 1.00. The summed E-state index contributed by atoms with van der Waals surface area (Å²) in [4.78, 5) is 0. The Bertz CT molecular complexity index is 48.1. The maximum atomic E-state index is 5.83. The summed E-state index contributed by atoms with van der Waals surface area (Å²) in [6.45, 7) is 0. The Morgan fingerprint density at radius 2 is 1.86 bits per heavy atom. The van der Waals surface area contributed by atoms with Gasteiger partial charge in [0.2, 0.25) is 0 Å². The third-order valence-electron chi connectivity index (χ3n) is 0.563. The molecule has 0 aromatic heterocycles. The number of hydrogen-bond acceptors (Lipinski definition) is 0. The molecule has 0 aliphatic carbocycles. The summed E-state index contributed by atoms with van der Waals surface area (Å²) in [6, 6.07) is 0. The molecular weight excluding hydrogens is 151 g/mol. The van der Waals surface area contributed by atoms with Gasteiger partial charge < -0.3 is 0 Å². The molecule has 46 valence electrons. The smallest absolute Gasteiger partial charge is 0.0310 e. The molecule has 3 heteroatoms. The third-order valence-corrected chi connectivity index (χ3v) is 2.61. The molecule has 0 aromatic rings. The van der Waals surface area contributed by atoms with Gasteiger partial charge in [0.15, 0.2) is 0 Å². The van der Waals surface area contributed by atoms with Crippen molar-refractivity contribution in [3.05, 3.63) is 0 Å². The number of halogens is 2. The van der Waals surface area contributed by atoms with Crippen LogP contribution in [-0.4, -0.2) is 24.1 Å². The normalized spacial score (nSPS) is 14.3. The highest BCUT2D eigenvalue weighted by molar-refractivity contribution is 8.50. The Morgan fingerprint density at radius 1 is 1.43 bits per heavy atom. The van der Waals surface area contributed by atoms with E-state index < -0.39 is 9.24 Å². The van der Waals surface area contributed by atoms with E-state index in [0.717, 1.165) is 5.75 Å². The van der Waals surface area contributed by atoms with Crippen molar-refractivity contribution in [3.8, 4) is 0 Å². The van der Waals surface area contributed by atoms with Crippen molar-refractivity contribution < 1.29 is 0 Å². The maximum absolute atomic E-state index is 5.83. The molecule has 7 heavy (non-hydrogen) atoms. The minimum absolute atomic E-state index is 0.686. The molecule has 0 saturated carbocycles. The Hall–Kier alpha value is 0.930. The van der Waals surface area contributed by atoms with Crippen LogP contribution in [0.5, 0.6) is 0 Å². The van der Waals surface area contributed by atoms with Gasteiger partial charge in [-0.05, 0) is 12.5 Å². The lowest BCUT2D eigenvalue weighted by molar-refractivity contribution is 1.52. The van der Waals surface area contributed by atoms with E-state index in [9.17, 15) is 0 Å². The van der Waals surface area contributed by atoms with E-state index in [1.54, 1.807) is 0 Å². The van der Waals surface area contributed by atoms with Crippen LogP contribution in [0.2, 0.25) is 0 Å². The van der Waals surface area contributed by atoms with Gasteiger partial charge in [-0.25, -0.2) is 0 Å². The van der Waals surface area contributed by atoms with Crippen LogP contribution in [-0.2, 0) is 0 Å². The average molecular weight is 161 g/mol. The average Bonchev–Trinajstić information content (AvgIpc) is 1.30. The first-order valence-electron chi connectivity index (χ1n) is 2.03. The molecule has 0 atom stereocenters. The molecule has 0 radical (unpaired) electrons. The Balaban J connectivity index is 3.15. The van der Waals surface area contributed by atoms with Gasteiger partial charge in [-0.15, -0.1) is 11.6 Å². The van der Waals surface area contributed by atoms with Crippen molar-refractivity contribution in [3.63, 3.8) is 0 Å². The van der Waals surface area contributed by atoms with Crippen LogP contribution in [0.4, 0.5) is 0 Å². The van der Waals surface area contributed by atoms with Gasteiger partial charge in [-0.3, -0.25) is 0 Å². The summed E-state index contributed by atoms with van der Waals surface area (Å²) in [6.07, 6.45) is 4.08. The van der Waals surface area contributed by atoms with Crippen LogP contribution in [0, 0.1) is 0 Å². The van der Waals surface area contributed by atoms with Crippen molar-refractivity contribution in [2.24, 2.45) is 0 Å². The first kappa shape index (κ1) is 7.93. The molecule has 0 saturated heterocycles. The second-order valence-corrected chi connectivity index (χ2v) is 7.90. The molecular formula is C4H10Cl2S. The predicted octanol–water partition coefficient (Wildman–Crippen LogP) is 2.44. The maximum Gasteiger partial charge on any atom is 0.0310 e. The number of hydrogen-bond donors (Lipinski definition) is 0. The molecule has 0 nitrogen and oxygen atoms in total. The van der Waals surface area contributed by atoms with Crippen LogP contribution in [0.1, 0.15) is 0 Å². The molecule has 0 spiro atoms. The van der Waals surface area contributed by atoms with Crippen molar-refractivity contribution in [2.45, 2.75) is 0 Å². The molecule has 0 aliphatic heterocycles. The highest BCUT2D eigenvalue weighted by Gasteiger charge is 2.03. The van der Waals surface area contributed by atoms with E-state index in [-0.39, 0.29) is 0 Å². The van der Waals surface area contributed by atoms with Gasteiger partial charge in [0.05, 0.1) is 0 Å². The summed E-state index contributed by atoms with van der Waals surface area (Å²) in [5.74, 6) is 1.64.